The van der Waals surface area contributed by atoms with E-state index >= 15 is 0 Å². The van der Waals surface area contributed by atoms with Crippen molar-refractivity contribution in [2.75, 3.05) is 14.2 Å². The molecule has 0 saturated carbocycles. The van der Waals surface area contributed by atoms with Crippen molar-refractivity contribution in [1.82, 2.24) is 5.32 Å². The molecular weight excluding hydrogens is 382 g/mol. The number of methoxy groups -OCH3 is 1. The Morgan fingerprint density at radius 1 is 1.05 bits per heavy atom. The van der Waals surface area contributed by atoms with Crippen molar-refractivity contribution < 1.29 is 4.74 Å². The van der Waals surface area contributed by atoms with Crippen molar-refractivity contribution in [1.29, 1.82) is 0 Å². The molecule has 0 radical (unpaired) electrons. The molecule has 0 aromatic heterocycles. The maximum atomic E-state index is 5.28. The average molecular weight is 399 g/mol. The molecule has 0 saturated heterocycles. The van der Waals surface area contributed by atoms with E-state index in [9.17, 15) is 0 Å². The average Bonchev–Trinajstić information content (AvgIpc) is 2.42. The third-order valence-corrected chi connectivity index (χ3v) is 4.57. The van der Waals surface area contributed by atoms with Crippen LogP contribution in [0.25, 0.3) is 0 Å². The minimum absolute atomic E-state index is 0.132. The van der Waals surface area contributed by atoms with E-state index in [0.29, 0.717) is 0 Å². The molecule has 1 N–H and O–H groups in total. The van der Waals surface area contributed by atoms with Gasteiger partial charge in [0.25, 0.3) is 0 Å². The molecule has 20 heavy (non-hydrogen) atoms. The maximum Gasteiger partial charge on any atom is 0.133 e. The minimum atomic E-state index is 0.132. The number of rotatable bonds is 4. The summed E-state index contributed by atoms with van der Waals surface area (Å²) in [4.78, 5) is 0. The summed E-state index contributed by atoms with van der Waals surface area (Å²) in [6.45, 7) is 2.09. The quantitative estimate of drug-likeness (QED) is 0.795. The fourth-order valence-electron chi connectivity index (χ4n) is 2.23. The van der Waals surface area contributed by atoms with Crippen LogP contribution < -0.4 is 10.1 Å². The van der Waals surface area contributed by atoms with Crippen LogP contribution in [0, 0.1) is 6.92 Å². The first-order valence-electron chi connectivity index (χ1n) is 6.33. The Morgan fingerprint density at radius 3 is 2.35 bits per heavy atom. The lowest BCUT2D eigenvalue weighted by atomic mass is 9.98. The number of aryl methyl sites for hydroxylation is 1. The van der Waals surface area contributed by atoms with Crippen LogP contribution in [0.3, 0.4) is 0 Å². The first-order valence-corrected chi connectivity index (χ1v) is 7.92. The highest BCUT2D eigenvalue weighted by atomic mass is 79.9. The van der Waals surface area contributed by atoms with E-state index in [1.165, 1.54) is 16.7 Å². The van der Waals surface area contributed by atoms with Crippen LogP contribution in [0.4, 0.5) is 0 Å². The zero-order valence-electron chi connectivity index (χ0n) is 11.7. The molecule has 0 bridgehead atoms. The molecule has 2 aromatic rings. The molecule has 0 aliphatic carbocycles. The van der Waals surface area contributed by atoms with Gasteiger partial charge >= 0.3 is 0 Å². The lowest BCUT2D eigenvalue weighted by Gasteiger charge is -2.20. The van der Waals surface area contributed by atoms with Gasteiger partial charge in [-0.3, -0.25) is 0 Å². The Balaban J connectivity index is 2.44. The Kier molecular flexibility index (Phi) is 5.24. The van der Waals surface area contributed by atoms with E-state index in [0.717, 1.165) is 14.7 Å². The fourth-order valence-corrected chi connectivity index (χ4v) is 3.51. The van der Waals surface area contributed by atoms with Crippen LogP contribution in [-0.2, 0) is 0 Å². The van der Waals surface area contributed by atoms with Crippen molar-refractivity contribution in [2.45, 2.75) is 13.0 Å². The molecule has 0 aliphatic rings. The van der Waals surface area contributed by atoms with Gasteiger partial charge < -0.3 is 10.1 Å². The highest BCUT2D eigenvalue weighted by molar-refractivity contribution is 9.10. The van der Waals surface area contributed by atoms with Crippen LogP contribution >= 0.6 is 31.9 Å². The monoisotopic (exact) mass is 397 g/mol. The SMILES string of the molecule is CNC(c1ccc(OC)c(Br)c1)c1ccc(C)cc1Br. The van der Waals surface area contributed by atoms with E-state index < -0.39 is 0 Å². The standard InChI is InChI=1S/C16H17Br2NO/c1-10-4-6-12(13(17)8-10)16(19-2)11-5-7-15(20-3)14(18)9-11/h4-9,16,19H,1-3H3. The zero-order chi connectivity index (χ0) is 14.7. The highest BCUT2D eigenvalue weighted by Crippen LogP contribution is 2.33. The van der Waals surface area contributed by atoms with Gasteiger partial charge in [0.2, 0.25) is 0 Å². The number of ether oxygens (including phenoxy) is 1. The van der Waals surface area contributed by atoms with Gasteiger partial charge in [-0.15, -0.1) is 0 Å². The Morgan fingerprint density at radius 2 is 1.80 bits per heavy atom. The summed E-state index contributed by atoms with van der Waals surface area (Å²) in [6, 6.07) is 12.7. The molecule has 4 heteroatoms. The van der Waals surface area contributed by atoms with E-state index in [4.69, 9.17) is 4.74 Å². The second-order valence-electron chi connectivity index (χ2n) is 4.64. The van der Waals surface area contributed by atoms with Crippen LogP contribution in [0.15, 0.2) is 45.3 Å². The molecular formula is C16H17Br2NO. The summed E-state index contributed by atoms with van der Waals surface area (Å²) in [5.74, 6) is 0.839. The largest absolute Gasteiger partial charge is 0.496 e. The van der Waals surface area contributed by atoms with Gasteiger partial charge in [0, 0.05) is 4.47 Å². The predicted molar refractivity (Wildman–Crippen MR) is 90.5 cm³/mol. The first kappa shape index (κ1) is 15.5. The smallest absolute Gasteiger partial charge is 0.133 e. The second-order valence-corrected chi connectivity index (χ2v) is 6.35. The molecule has 0 amide bonds. The second kappa shape index (κ2) is 6.74. The van der Waals surface area contributed by atoms with Crippen LogP contribution in [-0.4, -0.2) is 14.2 Å². The van der Waals surface area contributed by atoms with Crippen LogP contribution in [0.1, 0.15) is 22.7 Å². The predicted octanol–water partition coefficient (Wildman–Crippen LogP) is 4.84. The Hall–Kier alpha value is -0.840. The van der Waals surface area contributed by atoms with E-state index in [1.54, 1.807) is 7.11 Å². The number of nitrogens with one attached hydrogen (secondary N) is 1. The van der Waals surface area contributed by atoms with Crippen molar-refractivity contribution in [3.63, 3.8) is 0 Å². The summed E-state index contributed by atoms with van der Waals surface area (Å²) >= 11 is 7.20. The van der Waals surface area contributed by atoms with Crippen molar-refractivity contribution >= 4 is 31.9 Å². The maximum absolute atomic E-state index is 5.28. The summed E-state index contributed by atoms with van der Waals surface area (Å²) in [5, 5.41) is 3.37. The molecule has 0 aliphatic heterocycles. The van der Waals surface area contributed by atoms with Crippen molar-refractivity contribution in [2.24, 2.45) is 0 Å². The number of benzene rings is 2. The third kappa shape index (κ3) is 3.25. The van der Waals surface area contributed by atoms with Crippen molar-refractivity contribution in [3.8, 4) is 5.75 Å². The molecule has 106 valence electrons. The molecule has 0 spiro atoms. The number of hydrogen-bond acceptors (Lipinski definition) is 2. The van der Waals surface area contributed by atoms with Crippen molar-refractivity contribution in [3.05, 3.63) is 62.0 Å². The molecule has 2 rings (SSSR count). The number of hydrogen-bond donors (Lipinski definition) is 1. The van der Waals surface area contributed by atoms with Gasteiger partial charge in [0.05, 0.1) is 17.6 Å². The molecule has 1 unspecified atom stereocenters. The molecule has 0 fully saturated rings. The van der Waals surface area contributed by atoms with Crippen LogP contribution in [0.5, 0.6) is 5.75 Å². The lowest BCUT2D eigenvalue weighted by molar-refractivity contribution is 0.412. The zero-order valence-corrected chi connectivity index (χ0v) is 14.9. The highest BCUT2D eigenvalue weighted by Gasteiger charge is 2.16. The molecule has 0 heterocycles. The summed E-state index contributed by atoms with van der Waals surface area (Å²) in [5.41, 5.74) is 3.64. The van der Waals surface area contributed by atoms with Gasteiger partial charge in [-0.05, 0) is 64.8 Å². The Bertz CT molecular complexity index is 613. The topological polar surface area (TPSA) is 21.3 Å². The van der Waals surface area contributed by atoms with E-state index in [-0.39, 0.29) is 6.04 Å². The van der Waals surface area contributed by atoms with Gasteiger partial charge in [-0.1, -0.05) is 34.1 Å². The van der Waals surface area contributed by atoms with Gasteiger partial charge in [-0.25, -0.2) is 0 Å². The van der Waals surface area contributed by atoms with E-state index in [1.807, 2.05) is 13.1 Å². The first-order chi connectivity index (χ1) is 9.56. The summed E-state index contributed by atoms with van der Waals surface area (Å²) < 4.78 is 7.36. The Labute approximate surface area is 136 Å². The molecule has 2 nitrogen and oxygen atoms in total. The minimum Gasteiger partial charge on any atom is -0.496 e. The summed E-state index contributed by atoms with van der Waals surface area (Å²) in [7, 11) is 3.64. The fraction of sp³-hybridized carbons (Fsp3) is 0.250. The molecule has 2 aromatic carbocycles. The molecule has 1 atom stereocenters. The third-order valence-electron chi connectivity index (χ3n) is 3.26. The summed E-state index contributed by atoms with van der Waals surface area (Å²) in [6.07, 6.45) is 0. The van der Waals surface area contributed by atoms with E-state index in [2.05, 4.69) is 74.4 Å². The van der Waals surface area contributed by atoms with Gasteiger partial charge in [0.15, 0.2) is 0 Å². The van der Waals surface area contributed by atoms with Gasteiger partial charge in [-0.2, -0.15) is 0 Å². The number of halogens is 2. The lowest BCUT2D eigenvalue weighted by Crippen LogP contribution is -2.18. The van der Waals surface area contributed by atoms with Gasteiger partial charge in [0.1, 0.15) is 5.75 Å². The normalized spacial score (nSPS) is 12.2. The van der Waals surface area contributed by atoms with Crippen LogP contribution in [0.2, 0.25) is 0 Å².